The van der Waals surface area contributed by atoms with Crippen molar-refractivity contribution in [1.82, 2.24) is 0 Å². The highest BCUT2D eigenvalue weighted by Crippen LogP contribution is 2.20. The Hall–Kier alpha value is -0.630. The maximum Gasteiger partial charge on any atom is 0.194 e. The van der Waals surface area contributed by atoms with E-state index in [1.807, 2.05) is 18.2 Å². The van der Waals surface area contributed by atoms with Gasteiger partial charge in [-0.2, -0.15) is 0 Å². The fourth-order valence-corrected chi connectivity index (χ4v) is 3.36. The number of carbonyl (C=O) groups excluding carboxylic acids is 1. The van der Waals surface area contributed by atoms with Crippen LogP contribution in [-0.2, 0) is 0 Å². The molecular weight excluding hydrogens is 440 g/mol. The first-order valence-corrected chi connectivity index (χ1v) is 7.09. The molecule has 86 valence electrons. The van der Waals surface area contributed by atoms with Crippen molar-refractivity contribution in [2.45, 2.75) is 0 Å². The van der Waals surface area contributed by atoms with Gasteiger partial charge in [-0.3, -0.25) is 4.79 Å². The van der Waals surface area contributed by atoms with Crippen LogP contribution in [0.1, 0.15) is 15.9 Å². The van der Waals surface area contributed by atoms with Crippen LogP contribution < -0.4 is 5.73 Å². The molecule has 0 heterocycles. The summed E-state index contributed by atoms with van der Waals surface area (Å²) in [6.45, 7) is 0. The van der Waals surface area contributed by atoms with Crippen molar-refractivity contribution in [1.29, 1.82) is 0 Å². The summed E-state index contributed by atoms with van der Waals surface area (Å²) in [4.78, 5) is 12.3. The van der Waals surface area contributed by atoms with E-state index in [2.05, 4.69) is 45.2 Å². The number of halogens is 2. The van der Waals surface area contributed by atoms with Gasteiger partial charge in [-0.1, -0.05) is 12.1 Å². The second-order valence-corrected chi connectivity index (χ2v) is 5.99. The van der Waals surface area contributed by atoms with Crippen LogP contribution >= 0.6 is 45.2 Å². The van der Waals surface area contributed by atoms with E-state index < -0.39 is 0 Å². The van der Waals surface area contributed by atoms with Crippen LogP contribution in [-0.4, -0.2) is 5.78 Å². The molecular formula is C13H9I2NO. The Balaban J connectivity index is 2.44. The number of benzene rings is 2. The Bertz CT molecular complexity index is 581. The van der Waals surface area contributed by atoms with Gasteiger partial charge in [0, 0.05) is 24.0 Å². The van der Waals surface area contributed by atoms with Crippen molar-refractivity contribution in [2.24, 2.45) is 0 Å². The first-order chi connectivity index (χ1) is 8.08. The second kappa shape index (κ2) is 5.34. The summed E-state index contributed by atoms with van der Waals surface area (Å²) < 4.78 is 2.08. The maximum absolute atomic E-state index is 12.3. The highest BCUT2D eigenvalue weighted by molar-refractivity contribution is 14.1. The van der Waals surface area contributed by atoms with E-state index in [1.165, 1.54) is 0 Å². The van der Waals surface area contributed by atoms with E-state index in [4.69, 9.17) is 5.73 Å². The van der Waals surface area contributed by atoms with Gasteiger partial charge in [0.25, 0.3) is 0 Å². The van der Waals surface area contributed by atoms with Crippen molar-refractivity contribution >= 4 is 56.7 Å². The van der Waals surface area contributed by atoms with Crippen molar-refractivity contribution in [2.75, 3.05) is 5.73 Å². The molecule has 4 heteroatoms. The van der Waals surface area contributed by atoms with Gasteiger partial charge in [0.05, 0.1) is 0 Å². The smallest absolute Gasteiger partial charge is 0.194 e. The lowest BCUT2D eigenvalue weighted by atomic mass is 10.0. The highest BCUT2D eigenvalue weighted by atomic mass is 127. The number of hydrogen-bond acceptors (Lipinski definition) is 2. The first kappa shape index (κ1) is 12.8. The summed E-state index contributed by atoms with van der Waals surface area (Å²) in [7, 11) is 0. The van der Waals surface area contributed by atoms with Gasteiger partial charge in [0.2, 0.25) is 0 Å². The van der Waals surface area contributed by atoms with Gasteiger partial charge >= 0.3 is 0 Å². The van der Waals surface area contributed by atoms with Gasteiger partial charge in [-0.15, -0.1) is 0 Å². The minimum absolute atomic E-state index is 0.0121. The molecule has 0 aromatic heterocycles. The second-order valence-electron chi connectivity index (χ2n) is 3.58. The van der Waals surface area contributed by atoms with Gasteiger partial charge < -0.3 is 5.73 Å². The molecule has 2 aromatic carbocycles. The van der Waals surface area contributed by atoms with Crippen molar-refractivity contribution in [3.05, 3.63) is 60.7 Å². The van der Waals surface area contributed by atoms with E-state index in [0.717, 1.165) is 12.7 Å². The molecule has 2 aromatic rings. The third-order valence-electron chi connectivity index (χ3n) is 2.32. The van der Waals surface area contributed by atoms with Crippen LogP contribution in [0.25, 0.3) is 0 Å². The van der Waals surface area contributed by atoms with Crippen LogP contribution in [0.2, 0.25) is 0 Å². The third-order valence-corrected chi connectivity index (χ3v) is 3.89. The molecule has 0 aliphatic carbocycles. The molecule has 17 heavy (non-hydrogen) atoms. The molecule has 2 rings (SSSR count). The fourth-order valence-electron chi connectivity index (χ4n) is 1.51. The number of hydrogen-bond donors (Lipinski definition) is 1. The van der Waals surface area contributed by atoms with E-state index >= 15 is 0 Å². The zero-order chi connectivity index (χ0) is 12.4. The predicted octanol–water partition coefficient (Wildman–Crippen LogP) is 3.71. The average molecular weight is 449 g/mol. The number of ketones is 1. The molecule has 2 nitrogen and oxygen atoms in total. The molecule has 0 saturated carbocycles. The summed E-state index contributed by atoms with van der Waals surface area (Å²) in [5.74, 6) is 0.0121. The van der Waals surface area contributed by atoms with Gasteiger partial charge in [-0.25, -0.2) is 0 Å². The fraction of sp³-hybridized carbons (Fsp3) is 0. The molecule has 0 amide bonds. The molecule has 0 unspecified atom stereocenters. The van der Waals surface area contributed by atoms with Crippen LogP contribution in [0, 0.1) is 7.14 Å². The first-order valence-electron chi connectivity index (χ1n) is 4.93. The molecule has 2 N–H and O–H groups in total. The van der Waals surface area contributed by atoms with E-state index in [0.29, 0.717) is 11.3 Å². The quantitative estimate of drug-likeness (QED) is 0.432. The Morgan fingerprint density at radius 1 is 1.06 bits per heavy atom. The van der Waals surface area contributed by atoms with E-state index in [9.17, 15) is 4.79 Å². The third kappa shape index (κ3) is 2.98. The molecule has 0 bridgehead atoms. The van der Waals surface area contributed by atoms with Crippen LogP contribution in [0.3, 0.4) is 0 Å². The molecule has 0 fully saturated rings. The van der Waals surface area contributed by atoms with Gasteiger partial charge in [0.15, 0.2) is 5.78 Å². The normalized spacial score (nSPS) is 10.2. The lowest BCUT2D eigenvalue weighted by Crippen LogP contribution is -2.04. The van der Waals surface area contributed by atoms with Crippen LogP contribution in [0.5, 0.6) is 0 Å². The Labute approximate surface area is 127 Å². The molecule has 0 aliphatic rings. The molecule has 0 atom stereocenters. The number of anilines is 1. The zero-order valence-electron chi connectivity index (χ0n) is 8.78. The minimum Gasteiger partial charge on any atom is -0.399 e. The zero-order valence-corrected chi connectivity index (χ0v) is 13.1. The average Bonchev–Trinajstić information content (AvgIpc) is 2.28. The standard InChI is InChI=1S/C13H9I2NO/c14-9-4-5-11(12(15)7-9)13(17)8-2-1-3-10(16)6-8/h1-7H,16H2. The maximum atomic E-state index is 12.3. The lowest BCUT2D eigenvalue weighted by molar-refractivity contribution is 0.103. The van der Waals surface area contributed by atoms with Crippen molar-refractivity contribution < 1.29 is 4.79 Å². The largest absolute Gasteiger partial charge is 0.399 e. The summed E-state index contributed by atoms with van der Waals surface area (Å²) in [5, 5.41) is 0. The highest BCUT2D eigenvalue weighted by Gasteiger charge is 2.12. The number of nitrogens with two attached hydrogens (primary N) is 1. The molecule has 0 aliphatic heterocycles. The van der Waals surface area contributed by atoms with Gasteiger partial charge in [0.1, 0.15) is 0 Å². The Morgan fingerprint density at radius 3 is 2.47 bits per heavy atom. The van der Waals surface area contributed by atoms with E-state index in [-0.39, 0.29) is 5.78 Å². The molecule has 0 radical (unpaired) electrons. The summed E-state index contributed by atoms with van der Waals surface area (Å²) in [6, 6.07) is 12.8. The van der Waals surface area contributed by atoms with Crippen LogP contribution in [0.4, 0.5) is 5.69 Å². The SMILES string of the molecule is Nc1cccc(C(=O)c2ccc(I)cc2I)c1. The summed E-state index contributed by atoms with van der Waals surface area (Å²) in [5.41, 5.74) is 7.64. The Morgan fingerprint density at radius 2 is 1.82 bits per heavy atom. The van der Waals surface area contributed by atoms with Crippen molar-refractivity contribution in [3.8, 4) is 0 Å². The number of rotatable bonds is 2. The van der Waals surface area contributed by atoms with Crippen LogP contribution in [0.15, 0.2) is 42.5 Å². The molecule has 0 spiro atoms. The lowest BCUT2D eigenvalue weighted by Gasteiger charge is -2.05. The summed E-state index contributed by atoms with van der Waals surface area (Å²) in [6.07, 6.45) is 0. The minimum atomic E-state index is 0.0121. The number of carbonyl (C=O) groups is 1. The van der Waals surface area contributed by atoms with Gasteiger partial charge in [-0.05, 0) is 75.5 Å². The topological polar surface area (TPSA) is 43.1 Å². The van der Waals surface area contributed by atoms with Crippen molar-refractivity contribution in [3.63, 3.8) is 0 Å². The monoisotopic (exact) mass is 449 g/mol. The number of nitrogen functional groups attached to an aromatic ring is 1. The summed E-state index contributed by atoms with van der Waals surface area (Å²) >= 11 is 4.41. The van der Waals surface area contributed by atoms with E-state index in [1.54, 1.807) is 24.3 Å². The Kier molecular flexibility index (Phi) is 4.03. The molecule has 0 saturated heterocycles. The predicted molar refractivity (Wildman–Crippen MR) is 86.2 cm³/mol.